The Labute approximate surface area is 216 Å². The lowest BCUT2D eigenvalue weighted by Crippen LogP contribution is -2.48. The van der Waals surface area contributed by atoms with Gasteiger partial charge in [0.2, 0.25) is 10.0 Å². The number of rotatable bonds is 6. The van der Waals surface area contributed by atoms with Crippen molar-refractivity contribution in [3.63, 3.8) is 0 Å². The normalized spacial score (nSPS) is 17.0. The molecule has 2 aromatic heterocycles. The molecule has 0 saturated carbocycles. The van der Waals surface area contributed by atoms with Crippen LogP contribution >= 0.6 is 11.3 Å². The lowest BCUT2D eigenvalue weighted by molar-refractivity contribution is -0.385. The number of carbonyl (C=O) groups is 1. The molecule has 0 bridgehead atoms. The number of carbonyl (C=O) groups excluding carboxylic acids is 1. The van der Waals surface area contributed by atoms with E-state index in [4.69, 9.17) is 4.98 Å². The van der Waals surface area contributed by atoms with Crippen molar-refractivity contribution in [2.75, 3.05) is 33.3 Å². The van der Waals surface area contributed by atoms with Gasteiger partial charge < -0.3 is 9.72 Å². The quantitative estimate of drug-likeness (QED) is 0.277. The third kappa shape index (κ3) is 4.77. The Bertz CT molecular complexity index is 1560. The zero-order chi connectivity index (χ0) is 26.3. The fraction of sp³-hybridized carbons (Fsp3) is 0.435. The van der Waals surface area contributed by atoms with Crippen molar-refractivity contribution in [1.82, 2.24) is 19.2 Å². The fourth-order valence-electron chi connectivity index (χ4n) is 4.88. The van der Waals surface area contributed by atoms with E-state index in [2.05, 4.69) is 9.72 Å². The summed E-state index contributed by atoms with van der Waals surface area (Å²) in [5, 5.41) is 11.9. The molecular formula is C23H25N5O7S2. The van der Waals surface area contributed by atoms with E-state index < -0.39 is 31.5 Å². The molecule has 1 saturated heterocycles. The summed E-state index contributed by atoms with van der Waals surface area (Å²) < 4.78 is 32.6. The zero-order valence-corrected chi connectivity index (χ0v) is 21.7. The predicted molar refractivity (Wildman–Crippen MR) is 135 cm³/mol. The summed E-state index contributed by atoms with van der Waals surface area (Å²) in [6.45, 7) is 1.26. The van der Waals surface area contributed by atoms with Gasteiger partial charge in [-0.3, -0.25) is 19.8 Å². The molecule has 5 rings (SSSR count). The molecule has 1 aromatic carbocycles. The number of aryl methyl sites for hydroxylation is 2. The number of benzene rings is 1. The minimum Gasteiger partial charge on any atom is -0.465 e. The maximum atomic E-state index is 13.4. The molecule has 0 unspecified atom stereocenters. The lowest BCUT2D eigenvalue weighted by atomic mass is 9.97. The summed E-state index contributed by atoms with van der Waals surface area (Å²) in [5.74, 6) is -0.369. The number of nitrogens with one attached hydrogen (secondary N) is 1. The molecule has 196 valence electrons. The third-order valence-corrected chi connectivity index (χ3v) is 9.90. The first-order valence-corrected chi connectivity index (χ1v) is 14.1. The van der Waals surface area contributed by atoms with Crippen LogP contribution in [0.25, 0.3) is 10.2 Å². The number of nitro benzene ring substituents is 1. The van der Waals surface area contributed by atoms with Gasteiger partial charge in [-0.2, -0.15) is 4.31 Å². The second kappa shape index (κ2) is 9.93. The average molecular weight is 548 g/mol. The first-order chi connectivity index (χ1) is 17.7. The number of thiophene rings is 1. The number of ether oxygens (including phenoxy) is 1. The molecule has 37 heavy (non-hydrogen) atoms. The smallest absolute Gasteiger partial charge is 0.339 e. The van der Waals surface area contributed by atoms with Gasteiger partial charge in [-0.1, -0.05) is 0 Å². The van der Waals surface area contributed by atoms with Crippen molar-refractivity contribution in [2.45, 2.75) is 37.1 Å². The van der Waals surface area contributed by atoms with E-state index in [1.807, 2.05) is 4.90 Å². The van der Waals surface area contributed by atoms with Crippen LogP contribution in [0, 0.1) is 10.1 Å². The van der Waals surface area contributed by atoms with Crippen LogP contribution in [-0.4, -0.2) is 71.8 Å². The SMILES string of the molecule is COC(=O)c1ccc([N+](=O)[O-])cc1S(=O)(=O)N1CCN(Cc2nc3sc4c(c3c(=O)[nH]2)CCCC4)CC1. The molecule has 1 N–H and O–H groups in total. The molecule has 0 amide bonds. The highest BCUT2D eigenvalue weighted by molar-refractivity contribution is 7.89. The number of H-pyrrole nitrogens is 1. The molecule has 1 aliphatic heterocycles. The summed E-state index contributed by atoms with van der Waals surface area (Å²) in [6, 6.07) is 3.05. The fourth-order valence-corrected chi connectivity index (χ4v) is 7.78. The number of non-ortho nitro benzene ring substituents is 1. The van der Waals surface area contributed by atoms with Crippen LogP contribution in [0.1, 0.15) is 39.5 Å². The summed E-state index contributed by atoms with van der Waals surface area (Å²) in [6.07, 6.45) is 4.07. The van der Waals surface area contributed by atoms with Crippen LogP contribution in [0.2, 0.25) is 0 Å². The number of methoxy groups -OCH3 is 1. The van der Waals surface area contributed by atoms with Gasteiger partial charge in [-0.25, -0.2) is 18.2 Å². The Morgan fingerprint density at radius 2 is 1.95 bits per heavy atom. The van der Waals surface area contributed by atoms with Crippen molar-refractivity contribution in [3.8, 4) is 0 Å². The van der Waals surface area contributed by atoms with Gasteiger partial charge in [-0.05, 0) is 37.3 Å². The van der Waals surface area contributed by atoms with E-state index in [0.29, 0.717) is 30.8 Å². The van der Waals surface area contributed by atoms with Gasteiger partial charge >= 0.3 is 5.97 Å². The van der Waals surface area contributed by atoms with Gasteiger partial charge in [0.15, 0.2) is 0 Å². The van der Waals surface area contributed by atoms with Crippen LogP contribution in [0.4, 0.5) is 5.69 Å². The Morgan fingerprint density at radius 3 is 2.65 bits per heavy atom. The molecule has 0 atom stereocenters. The summed E-state index contributed by atoms with van der Waals surface area (Å²) in [7, 11) is -3.10. The number of sulfonamides is 1. The number of fused-ring (bicyclic) bond motifs is 3. The van der Waals surface area contributed by atoms with Crippen LogP contribution in [-0.2, 0) is 34.1 Å². The maximum Gasteiger partial charge on any atom is 0.339 e. The number of nitro groups is 1. The van der Waals surface area contributed by atoms with Gasteiger partial charge in [0.25, 0.3) is 11.2 Å². The molecule has 2 aliphatic rings. The highest BCUT2D eigenvalue weighted by Gasteiger charge is 2.34. The van der Waals surface area contributed by atoms with Gasteiger partial charge in [0.1, 0.15) is 15.6 Å². The van der Waals surface area contributed by atoms with Crippen LogP contribution < -0.4 is 5.56 Å². The molecule has 3 aromatic rings. The number of esters is 1. The zero-order valence-electron chi connectivity index (χ0n) is 20.1. The molecular weight excluding hydrogens is 522 g/mol. The van der Waals surface area contributed by atoms with E-state index in [-0.39, 0.29) is 24.2 Å². The number of aromatic nitrogens is 2. The number of nitrogens with zero attached hydrogens (tertiary/aromatic N) is 4. The molecule has 14 heteroatoms. The van der Waals surface area contributed by atoms with Crippen molar-refractivity contribution in [2.24, 2.45) is 0 Å². The number of hydrogen-bond donors (Lipinski definition) is 1. The van der Waals surface area contributed by atoms with Gasteiger partial charge in [0, 0.05) is 43.2 Å². The topological polar surface area (TPSA) is 156 Å². The Morgan fingerprint density at radius 1 is 1.22 bits per heavy atom. The van der Waals surface area contributed by atoms with Crippen molar-refractivity contribution in [3.05, 3.63) is 60.5 Å². The highest BCUT2D eigenvalue weighted by atomic mass is 32.2. The Balaban J connectivity index is 1.33. The molecule has 12 nitrogen and oxygen atoms in total. The monoisotopic (exact) mass is 547 g/mol. The van der Waals surface area contributed by atoms with Gasteiger partial charge in [0.05, 0.1) is 29.5 Å². The maximum absolute atomic E-state index is 13.4. The Hall–Kier alpha value is -3.20. The van der Waals surface area contributed by atoms with E-state index in [9.17, 15) is 28.1 Å². The largest absolute Gasteiger partial charge is 0.465 e. The molecule has 1 aliphatic carbocycles. The Kier molecular flexibility index (Phi) is 6.83. The van der Waals surface area contributed by atoms with E-state index >= 15 is 0 Å². The summed E-state index contributed by atoms with van der Waals surface area (Å²) in [5.41, 5.74) is 0.286. The van der Waals surface area contributed by atoms with Crippen molar-refractivity contribution < 1.29 is 22.9 Å². The van der Waals surface area contributed by atoms with Crippen molar-refractivity contribution >= 4 is 43.2 Å². The summed E-state index contributed by atoms with van der Waals surface area (Å²) in [4.78, 5) is 46.6. The first kappa shape index (κ1) is 25.4. The lowest BCUT2D eigenvalue weighted by Gasteiger charge is -2.33. The van der Waals surface area contributed by atoms with E-state index in [1.165, 1.54) is 9.18 Å². The minimum absolute atomic E-state index is 0.103. The third-order valence-electron chi connectivity index (χ3n) is 6.78. The second-order valence-electron chi connectivity index (χ2n) is 9.01. The number of piperazine rings is 1. The van der Waals surface area contributed by atoms with Crippen molar-refractivity contribution in [1.29, 1.82) is 0 Å². The second-order valence-corrected chi connectivity index (χ2v) is 12.0. The van der Waals surface area contributed by atoms with Gasteiger partial charge in [-0.15, -0.1) is 11.3 Å². The minimum atomic E-state index is -4.21. The molecule has 3 heterocycles. The standard InChI is InChI=1S/C23H25N5O7S2/c1-35-23(30)16-7-6-14(28(31)32)12-18(16)37(33,34)27-10-8-26(9-11-27)13-19-24-21(29)20-15-4-2-3-5-17(15)36-22(20)25-19/h6-7,12H,2-5,8-11,13H2,1H3,(H,24,25,29). The van der Waals surface area contributed by atoms with Crippen LogP contribution in [0.3, 0.4) is 0 Å². The van der Waals surface area contributed by atoms with E-state index in [0.717, 1.165) is 61.4 Å². The van der Waals surface area contributed by atoms with E-state index in [1.54, 1.807) is 11.3 Å². The molecule has 1 fully saturated rings. The molecule has 0 radical (unpaired) electrons. The molecule has 0 spiro atoms. The number of hydrogen-bond acceptors (Lipinski definition) is 10. The van der Waals surface area contributed by atoms with Crippen LogP contribution in [0.5, 0.6) is 0 Å². The van der Waals surface area contributed by atoms with Crippen LogP contribution in [0.15, 0.2) is 27.9 Å². The highest BCUT2D eigenvalue weighted by Crippen LogP contribution is 2.33. The predicted octanol–water partition coefficient (Wildman–Crippen LogP) is 2.06. The summed E-state index contributed by atoms with van der Waals surface area (Å²) >= 11 is 1.58. The first-order valence-electron chi connectivity index (χ1n) is 11.8. The number of aromatic amines is 1. The average Bonchev–Trinajstić information content (AvgIpc) is 3.27.